The highest BCUT2D eigenvalue weighted by Gasteiger charge is 1.79. The fraction of sp³-hybridized carbons (Fsp3) is 0.250. The Labute approximate surface area is 41.3 Å². The lowest BCUT2D eigenvalue weighted by molar-refractivity contribution is 1.66. The summed E-state index contributed by atoms with van der Waals surface area (Å²) in [6.07, 6.45) is 6.55. The van der Waals surface area contributed by atoms with Crippen LogP contribution in [0.5, 0.6) is 0 Å². The van der Waals surface area contributed by atoms with E-state index in [2.05, 4.69) is 10.5 Å². The highest BCUT2D eigenvalue weighted by Crippen LogP contribution is 2.02. The highest BCUT2D eigenvalue weighted by molar-refractivity contribution is 7.98. The lowest BCUT2D eigenvalue weighted by Gasteiger charge is -1.86. The molecule has 0 atom stereocenters. The van der Waals surface area contributed by atoms with Gasteiger partial charge in [0.1, 0.15) is 0 Å². The van der Waals surface area contributed by atoms with Crippen LogP contribution in [-0.2, 0) is 0 Å². The van der Waals surface area contributed by atoms with Crippen molar-refractivity contribution in [3.05, 3.63) is 12.2 Å². The molecule has 0 aliphatic carbocycles. The van der Waals surface area contributed by atoms with Gasteiger partial charge in [-0.2, -0.15) is 0 Å². The molecular formula is C4H4NS. The molecule has 0 unspecified atom stereocenters. The Hall–Kier alpha value is -0.240. The van der Waals surface area contributed by atoms with Crippen LogP contribution in [-0.4, -0.2) is 12.0 Å². The first kappa shape index (κ1) is 3.93. The lowest BCUT2D eigenvalue weighted by Crippen LogP contribution is -1.74. The topological polar surface area (TPSA) is 12.4 Å². The zero-order valence-electron chi connectivity index (χ0n) is 3.22. The van der Waals surface area contributed by atoms with E-state index in [-0.39, 0.29) is 0 Å². The minimum atomic E-state index is 0.913. The molecule has 2 heteroatoms. The highest BCUT2D eigenvalue weighted by atomic mass is 32.2. The van der Waals surface area contributed by atoms with Crippen LogP contribution in [0.25, 0.3) is 0 Å². The number of hydrogen-bond donors (Lipinski definition) is 0. The third-order valence-corrected chi connectivity index (χ3v) is 1.04. The molecule has 0 N–H and O–H groups in total. The van der Waals surface area contributed by atoms with E-state index in [1.165, 1.54) is 11.9 Å². The Morgan fingerprint density at radius 2 is 2.83 bits per heavy atom. The van der Waals surface area contributed by atoms with Crippen LogP contribution in [0.3, 0.4) is 0 Å². The molecule has 0 bridgehead atoms. The maximum Gasteiger partial charge on any atom is 0.0408 e. The standard InChI is InChI=1S/C4H4NS/c1-2-4-6-5-3-1/h1,3H,4H2. The summed E-state index contributed by atoms with van der Waals surface area (Å²) in [6.45, 7) is 0. The normalized spacial score (nSPS) is 18.7. The summed E-state index contributed by atoms with van der Waals surface area (Å²) < 4.78 is 3.85. The Morgan fingerprint density at radius 1 is 1.83 bits per heavy atom. The molecular weight excluding hydrogens is 94.1 g/mol. The molecule has 0 fully saturated rings. The molecule has 0 aromatic rings. The molecule has 1 aliphatic heterocycles. The molecule has 0 saturated carbocycles. The minimum Gasteiger partial charge on any atom is -0.224 e. The Balaban J connectivity index is 2.46. The van der Waals surface area contributed by atoms with E-state index in [9.17, 15) is 0 Å². The fourth-order valence-electron chi connectivity index (χ4n) is 0.249. The SMILES string of the molecule is [C]1=CC=NSC1. The molecule has 31 valence electrons. The van der Waals surface area contributed by atoms with Gasteiger partial charge in [0.05, 0.1) is 0 Å². The zero-order chi connectivity index (χ0) is 4.24. The summed E-state index contributed by atoms with van der Waals surface area (Å²) in [5, 5.41) is 0. The Bertz CT molecular complexity index is 73.5. The third kappa shape index (κ3) is 0.863. The van der Waals surface area contributed by atoms with Crippen molar-refractivity contribution in [3.63, 3.8) is 0 Å². The summed E-state index contributed by atoms with van der Waals surface area (Å²) in [6, 6.07) is 0. The Kier molecular flexibility index (Phi) is 1.33. The van der Waals surface area contributed by atoms with Gasteiger partial charge in [-0.25, -0.2) is 4.40 Å². The van der Waals surface area contributed by atoms with E-state index in [1.54, 1.807) is 6.21 Å². The van der Waals surface area contributed by atoms with Gasteiger partial charge in [0.25, 0.3) is 0 Å². The first-order chi connectivity index (χ1) is 3.00. The minimum absolute atomic E-state index is 0.913. The molecule has 6 heavy (non-hydrogen) atoms. The van der Waals surface area contributed by atoms with E-state index in [1.807, 2.05) is 6.08 Å². The van der Waals surface area contributed by atoms with E-state index in [0.717, 1.165) is 5.75 Å². The predicted molar refractivity (Wildman–Crippen MR) is 28.8 cm³/mol. The van der Waals surface area contributed by atoms with Crippen LogP contribution in [0.2, 0.25) is 0 Å². The van der Waals surface area contributed by atoms with E-state index < -0.39 is 0 Å². The largest absolute Gasteiger partial charge is 0.224 e. The Morgan fingerprint density at radius 3 is 3.00 bits per heavy atom. The molecule has 1 rings (SSSR count). The van der Waals surface area contributed by atoms with Gasteiger partial charge in [-0.15, -0.1) is 0 Å². The van der Waals surface area contributed by atoms with Crippen molar-refractivity contribution in [1.29, 1.82) is 0 Å². The van der Waals surface area contributed by atoms with Gasteiger partial charge in [0.15, 0.2) is 0 Å². The quantitative estimate of drug-likeness (QED) is 0.413. The van der Waals surface area contributed by atoms with Crippen molar-refractivity contribution in [3.8, 4) is 0 Å². The molecule has 0 spiro atoms. The second-order valence-corrected chi connectivity index (χ2v) is 1.66. The van der Waals surface area contributed by atoms with E-state index in [0.29, 0.717) is 0 Å². The summed E-state index contributed by atoms with van der Waals surface area (Å²) in [5.41, 5.74) is 0. The molecule has 0 saturated heterocycles. The van der Waals surface area contributed by atoms with Gasteiger partial charge in [-0.3, -0.25) is 0 Å². The zero-order valence-corrected chi connectivity index (χ0v) is 4.03. The van der Waals surface area contributed by atoms with Crippen molar-refractivity contribution < 1.29 is 0 Å². The van der Waals surface area contributed by atoms with Crippen molar-refractivity contribution in [2.45, 2.75) is 0 Å². The smallest absolute Gasteiger partial charge is 0.0408 e. The first-order valence-corrected chi connectivity index (χ1v) is 2.65. The number of allylic oxidation sites excluding steroid dienone is 1. The second kappa shape index (κ2) is 2.03. The van der Waals surface area contributed by atoms with Gasteiger partial charge in [0, 0.05) is 12.0 Å². The molecule has 1 nitrogen and oxygen atoms in total. The van der Waals surface area contributed by atoms with E-state index >= 15 is 0 Å². The average molecular weight is 98.1 g/mol. The van der Waals surface area contributed by atoms with Crippen LogP contribution in [0.15, 0.2) is 10.5 Å². The van der Waals surface area contributed by atoms with Crippen LogP contribution < -0.4 is 0 Å². The van der Waals surface area contributed by atoms with Gasteiger partial charge in [0.2, 0.25) is 0 Å². The first-order valence-electron chi connectivity index (χ1n) is 1.71. The van der Waals surface area contributed by atoms with Gasteiger partial charge < -0.3 is 0 Å². The molecule has 0 amide bonds. The maximum atomic E-state index is 3.85. The van der Waals surface area contributed by atoms with Crippen LogP contribution in [0.1, 0.15) is 0 Å². The molecule has 0 aromatic heterocycles. The van der Waals surface area contributed by atoms with Gasteiger partial charge in [-0.1, -0.05) is 0 Å². The number of nitrogens with zero attached hydrogens (tertiary/aromatic N) is 1. The third-order valence-electron chi connectivity index (χ3n) is 0.476. The monoisotopic (exact) mass is 98.0 g/mol. The number of rotatable bonds is 0. The molecule has 1 aliphatic rings. The van der Waals surface area contributed by atoms with Crippen molar-refractivity contribution in [1.82, 2.24) is 0 Å². The van der Waals surface area contributed by atoms with Crippen LogP contribution >= 0.6 is 11.9 Å². The van der Waals surface area contributed by atoms with Crippen molar-refractivity contribution in [2.75, 3.05) is 5.75 Å². The summed E-state index contributed by atoms with van der Waals surface area (Å²) >= 11 is 1.52. The molecule has 1 heterocycles. The second-order valence-electron chi connectivity index (χ2n) is 0.899. The van der Waals surface area contributed by atoms with Crippen LogP contribution in [0.4, 0.5) is 0 Å². The summed E-state index contributed by atoms with van der Waals surface area (Å²) in [4.78, 5) is 0. The lowest BCUT2D eigenvalue weighted by atomic mass is 10.6. The van der Waals surface area contributed by atoms with Gasteiger partial charge >= 0.3 is 0 Å². The predicted octanol–water partition coefficient (Wildman–Crippen LogP) is 1.08. The molecule has 1 radical (unpaired) electrons. The van der Waals surface area contributed by atoms with E-state index in [4.69, 9.17) is 0 Å². The van der Waals surface area contributed by atoms with Crippen molar-refractivity contribution >= 4 is 18.2 Å². The molecule has 0 aromatic carbocycles. The van der Waals surface area contributed by atoms with Gasteiger partial charge in [-0.05, 0) is 24.1 Å². The summed E-state index contributed by atoms with van der Waals surface area (Å²) in [7, 11) is 0. The average Bonchev–Trinajstić information content (AvgIpc) is 1.72. The fourth-order valence-corrected chi connectivity index (χ4v) is 0.641. The maximum absolute atomic E-state index is 3.85. The number of hydrogen-bond acceptors (Lipinski definition) is 2. The van der Waals surface area contributed by atoms with Crippen molar-refractivity contribution in [2.24, 2.45) is 4.40 Å². The summed E-state index contributed by atoms with van der Waals surface area (Å²) in [5.74, 6) is 0.913. The van der Waals surface area contributed by atoms with Crippen LogP contribution in [0, 0.1) is 6.08 Å².